The lowest BCUT2D eigenvalue weighted by atomic mass is 10.2. The van der Waals surface area contributed by atoms with E-state index in [9.17, 15) is 18.3 Å². The average Bonchev–Trinajstić information content (AvgIpc) is 2.81. The van der Waals surface area contributed by atoms with Gasteiger partial charge < -0.3 is 10.2 Å². The van der Waals surface area contributed by atoms with Crippen molar-refractivity contribution in [3.63, 3.8) is 0 Å². The SMILES string of the molecule is O=C(O)[C@@H]1C[C@@H](O)CN1S(=O)(=O)CCc1ccncc1. The number of carboxylic acid groups (broad SMARTS) is 1. The molecular weight excluding hydrogens is 284 g/mol. The Labute approximate surface area is 116 Å². The van der Waals surface area contributed by atoms with Gasteiger partial charge in [0.25, 0.3) is 0 Å². The minimum atomic E-state index is -3.71. The van der Waals surface area contributed by atoms with Crippen LogP contribution in [0.1, 0.15) is 12.0 Å². The number of sulfonamides is 1. The van der Waals surface area contributed by atoms with E-state index in [-0.39, 0.29) is 25.1 Å². The second-order valence-electron chi connectivity index (χ2n) is 4.73. The van der Waals surface area contributed by atoms with Crippen molar-refractivity contribution in [3.05, 3.63) is 30.1 Å². The first kappa shape index (κ1) is 14.9. The fourth-order valence-electron chi connectivity index (χ4n) is 2.23. The van der Waals surface area contributed by atoms with E-state index in [1.54, 1.807) is 24.5 Å². The summed E-state index contributed by atoms with van der Waals surface area (Å²) in [6, 6.07) is 2.25. The van der Waals surface area contributed by atoms with E-state index in [0.717, 1.165) is 9.87 Å². The number of aliphatic hydroxyl groups is 1. The molecule has 8 heteroatoms. The summed E-state index contributed by atoms with van der Waals surface area (Å²) in [5.41, 5.74) is 0.815. The zero-order chi connectivity index (χ0) is 14.8. The van der Waals surface area contributed by atoms with Crippen molar-refractivity contribution in [1.82, 2.24) is 9.29 Å². The molecule has 1 saturated heterocycles. The molecule has 1 aliphatic heterocycles. The highest BCUT2D eigenvalue weighted by Crippen LogP contribution is 2.22. The third-order valence-corrected chi connectivity index (χ3v) is 5.11. The van der Waals surface area contributed by atoms with Crippen LogP contribution in [0.3, 0.4) is 0 Å². The molecular formula is C12H16N2O5S. The number of β-amino-alcohol motifs (C(OH)–C–C–N with tert-alkyl or cyclic N) is 1. The van der Waals surface area contributed by atoms with Gasteiger partial charge in [0.2, 0.25) is 10.0 Å². The maximum absolute atomic E-state index is 12.2. The first-order valence-electron chi connectivity index (χ1n) is 6.19. The van der Waals surface area contributed by atoms with E-state index in [2.05, 4.69) is 4.98 Å². The summed E-state index contributed by atoms with van der Waals surface area (Å²) >= 11 is 0. The van der Waals surface area contributed by atoms with E-state index >= 15 is 0 Å². The van der Waals surface area contributed by atoms with Gasteiger partial charge in [-0.3, -0.25) is 9.78 Å². The first-order chi connectivity index (χ1) is 9.40. The molecule has 1 aromatic heterocycles. The highest BCUT2D eigenvalue weighted by molar-refractivity contribution is 7.89. The Kier molecular flexibility index (Phi) is 4.36. The molecule has 0 aliphatic carbocycles. The minimum absolute atomic E-state index is 0.0657. The second kappa shape index (κ2) is 5.86. The molecule has 2 N–H and O–H groups in total. The Balaban J connectivity index is 2.08. The van der Waals surface area contributed by atoms with Gasteiger partial charge >= 0.3 is 5.97 Å². The predicted molar refractivity (Wildman–Crippen MR) is 70.5 cm³/mol. The Morgan fingerprint density at radius 1 is 1.40 bits per heavy atom. The second-order valence-corrected chi connectivity index (χ2v) is 6.78. The zero-order valence-corrected chi connectivity index (χ0v) is 11.5. The molecule has 2 heterocycles. The fourth-order valence-corrected chi connectivity index (χ4v) is 3.92. The molecule has 7 nitrogen and oxygen atoms in total. The van der Waals surface area contributed by atoms with E-state index in [4.69, 9.17) is 5.11 Å². The Morgan fingerprint density at radius 3 is 2.65 bits per heavy atom. The number of aryl methyl sites for hydroxylation is 1. The Morgan fingerprint density at radius 2 is 2.05 bits per heavy atom. The topological polar surface area (TPSA) is 108 Å². The van der Waals surface area contributed by atoms with Crippen molar-refractivity contribution in [2.45, 2.75) is 25.0 Å². The number of aliphatic carboxylic acids is 1. The molecule has 0 bridgehead atoms. The largest absolute Gasteiger partial charge is 0.480 e. The number of aromatic nitrogens is 1. The lowest BCUT2D eigenvalue weighted by Gasteiger charge is -2.20. The molecule has 2 atom stereocenters. The van der Waals surface area contributed by atoms with Crippen molar-refractivity contribution in [1.29, 1.82) is 0 Å². The van der Waals surface area contributed by atoms with E-state index in [1.807, 2.05) is 0 Å². The standard InChI is InChI=1S/C12H16N2O5S/c15-10-7-11(12(16)17)14(8-10)20(18,19)6-3-9-1-4-13-5-2-9/h1-2,4-5,10-11,15H,3,6-8H2,(H,16,17)/t10-,11+/m1/s1. The van der Waals surface area contributed by atoms with Crippen LogP contribution in [0.4, 0.5) is 0 Å². The number of aliphatic hydroxyl groups excluding tert-OH is 1. The summed E-state index contributed by atoms with van der Waals surface area (Å²) in [5, 5.41) is 18.5. The van der Waals surface area contributed by atoms with Crippen molar-refractivity contribution in [2.24, 2.45) is 0 Å². The highest BCUT2D eigenvalue weighted by atomic mass is 32.2. The minimum Gasteiger partial charge on any atom is -0.480 e. The quantitative estimate of drug-likeness (QED) is 0.757. The normalized spacial score (nSPS) is 23.9. The number of pyridine rings is 1. The molecule has 1 fully saturated rings. The third-order valence-electron chi connectivity index (χ3n) is 3.27. The number of carbonyl (C=O) groups is 1. The van der Waals surface area contributed by atoms with Crippen LogP contribution in [0.5, 0.6) is 0 Å². The number of hydrogen-bond donors (Lipinski definition) is 2. The number of nitrogens with zero attached hydrogens (tertiary/aromatic N) is 2. The van der Waals surface area contributed by atoms with Gasteiger partial charge in [0.1, 0.15) is 6.04 Å². The Hall–Kier alpha value is -1.51. The summed E-state index contributed by atoms with van der Waals surface area (Å²) in [5.74, 6) is -1.41. The zero-order valence-electron chi connectivity index (χ0n) is 10.7. The number of rotatable bonds is 5. The van der Waals surface area contributed by atoms with E-state index < -0.39 is 28.1 Å². The van der Waals surface area contributed by atoms with Crippen LogP contribution in [-0.4, -0.2) is 58.3 Å². The maximum Gasteiger partial charge on any atom is 0.322 e. The van der Waals surface area contributed by atoms with Gasteiger partial charge in [-0.15, -0.1) is 0 Å². The van der Waals surface area contributed by atoms with Gasteiger partial charge in [-0.2, -0.15) is 4.31 Å². The summed E-state index contributed by atoms with van der Waals surface area (Å²) < 4.78 is 25.3. The van der Waals surface area contributed by atoms with Crippen LogP contribution < -0.4 is 0 Å². The van der Waals surface area contributed by atoms with E-state index in [1.165, 1.54) is 0 Å². The first-order valence-corrected chi connectivity index (χ1v) is 7.80. The molecule has 0 spiro atoms. The van der Waals surface area contributed by atoms with E-state index in [0.29, 0.717) is 0 Å². The summed E-state index contributed by atoms with van der Waals surface area (Å²) in [7, 11) is -3.71. The van der Waals surface area contributed by atoms with Crippen molar-refractivity contribution >= 4 is 16.0 Å². The highest BCUT2D eigenvalue weighted by Gasteiger charge is 2.42. The molecule has 0 unspecified atom stereocenters. The number of hydrogen-bond acceptors (Lipinski definition) is 5. The van der Waals surface area contributed by atoms with Crippen LogP contribution >= 0.6 is 0 Å². The molecule has 1 aliphatic rings. The monoisotopic (exact) mass is 300 g/mol. The summed E-state index contributed by atoms with van der Waals surface area (Å²) in [6.45, 7) is -0.157. The molecule has 0 saturated carbocycles. The van der Waals surface area contributed by atoms with Gasteiger partial charge in [0.15, 0.2) is 0 Å². The molecule has 0 aromatic carbocycles. The van der Waals surface area contributed by atoms with Gasteiger partial charge in [0.05, 0.1) is 11.9 Å². The number of carboxylic acids is 1. The lowest BCUT2D eigenvalue weighted by molar-refractivity contribution is -0.140. The van der Waals surface area contributed by atoms with Gasteiger partial charge in [0, 0.05) is 25.4 Å². The van der Waals surface area contributed by atoms with Crippen LogP contribution in [0.15, 0.2) is 24.5 Å². The smallest absolute Gasteiger partial charge is 0.322 e. The molecule has 1 aromatic rings. The molecule has 0 radical (unpaired) electrons. The average molecular weight is 300 g/mol. The van der Waals surface area contributed by atoms with Crippen LogP contribution in [0.25, 0.3) is 0 Å². The molecule has 2 rings (SSSR count). The van der Waals surface area contributed by atoms with Gasteiger partial charge in [-0.05, 0) is 24.1 Å². The lowest BCUT2D eigenvalue weighted by Crippen LogP contribution is -2.42. The fraction of sp³-hybridized carbons (Fsp3) is 0.500. The van der Waals surface area contributed by atoms with Crippen LogP contribution in [-0.2, 0) is 21.2 Å². The summed E-state index contributed by atoms with van der Waals surface area (Å²) in [4.78, 5) is 14.9. The van der Waals surface area contributed by atoms with Crippen molar-refractivity contribution < 1.29 is 23.4 Å². The van der Waals surface area contributed by atoms with Crippen LogP contribution in [0, 0.1) is 0 Å². The molecule has 110 valence electrons. The van der Waals surface area contributed by atoms with Crippen LogP contribution in [0.2, 0.25) is 0 Å². The molecule has 0 amide bonds. The maximum atomic E-state index is 12.2. The summed E-state index contributed by atoms with van der Waals surface area (Å²) in [6.07, 6.45) is 2.43. The molecule has 20 heavy (non-hydrogen) atoms. The van der Waals surface area contributed by atoms with Crippen molar-refractivity contribution in [2.75, 3.05) is 12.3 Å². The van der Waals surface area contributed by atoms with Gasteiger partial charge in [-0.25, -0.2) is 8.42 Å². The van der Waals surface area contributed by atoms with Gasteiger partial charge in [-0.1, -0.05) is 0 Å². The third kappa shape index (κ3) is 3.33. The van der Waals surface area contributed by atoms with Crippen molar-refractivity contribution in [3.8, 4) is 0 Å². The Bertz CT molecular complexity index is 575. The predicted octanol–water partition coefficient (Wildman–Crippen LogP) is -0.526.